The molecule has 9 heteroatoms. The fourth-order valence-electron chi connectivity index (χ4n) is 3.39. The minimum Gasteiger partial charge on any atom is -0.361 e. The van der Waals surface area contributed by atoms with Gasteiger partial charge in [-0.3, -0.25) is 0 Å². The van der Waals surface area contributed by atoms with Gasteiger partial charge >= 0.3 is 6.18 Å². The van der Waals surface area contributed by atoms with Gasteiger partial charge in [0.25, 0.3) is 0 Å². The van der Waals surface area contributed by atoms with Gasteiger partial charge < -0.3 is 9.30 Å². The number of fused-ring (bicyclic) bond motifs is 1. The molecule has 2 heterocycles. The first-order valence-corrected chi connectivity index (χ1v) is 15.0. The number of nitrogens with zero attached hydrogens (tertiary/aromatic N) is 3. The molecule has 3 rings (SSSR count). The molecule has 0 fully saturated rings. The van der Waals surface area contributed by atoms with Gasteiger partial charge in [0.1, 0.15) is 12.4 Å². The summed E-state index contributed by atoms with van der Waals surface area (Å²) in [5.41, 5.74) is 2.41. The summed E-state index contributed by atoms with van der Waals surface area (Å²) in [6.07, 6.45) is -1.61. The Hall–Kier alpha value is -1.84. The second kappa shape index (κ2) is 8.95. The van der Waals surface area contributed by atoms with E-state index in [0.717, 1.165) is 23.4 Å². The molecule has 0 aliphatic carbocycles. The van der Waals surface area contributed by atoms with Crippen LogP contribution in [0.25, 0.3) is 22.3 Å². The molecule has 0 saturated heterocycles. The normalized spacial score (nSPS) is 12.7. The third-order valence-electron chi connectivity index (χ3n) is 5.05. The maximum atomic E-state index is 14.0. The molecule has 0 N–H and O–H groups in total. The molecule has 0 spiro atoms. The second-order valence-corrected chi connectivity index (χ2v) is 15.3. The predicted molar refractivity (Wildman–Crippen MR) is 123 cm³/mol. The van der Waals surface area contributed by atoms with E-state index in [2.05, 4.69) is 29.6 Å². The van der Waals surface area contributed by atoms with Crippen molar-refractivity contribution in [3.05, 3.63) is 41.1 Å². The molecule has 0 aliphatic rings. The lowest BCUT2D eigenvalue weighted by atomic mass is 10.00. The van der Waals surface area contributed by atoms with Crippen LogP contribution in [0.5, 0.6) is 0 Å². The molecule has 0 unspecified atom stereocenters. The molecule has 2 aromatic heterocycles. The molecule has 168 valence electrons. The first-order valence-electron chi connectivity index (χ1n) is 10.1. The Morgan fingerprint density at radius 3 is 2.42 bits per heavy atom. The third-order valence-corrected chi connectivity index (χ3v) is 7.30. The highest BCUT2D eigenvalue weighted by atomic mass is 32.2. The molecule has 0 aliphatic heterocycles. The van der Waals surface area contributed by atoms with Crippen LogP contribution in [0.1, 0.15) is 16.7 Å². The summed E-state index contributed by atoms with van der Waals surface area (Å²) in [5, 5.41) is 0.448. The van der Waals surface area contributed by atoms with Crippen LogP contribution < -0.4 is 0 Å². The second-order valence-electron chi connectivity index (χ2n) is 8.93. The van der Waals surface area contributed by atoms with E-state index in [0.29, 0.717) is 23.0 Å². The molecular weight excluding hydrogens is 439 g/mol. The number of aromatic nitrogens is 3. The molecule has 0 saturated carbocycles. The SMILES string of the molecule is CSc1nc(-c2ccc(C)cc2C)c2c(C(F)(F)F)cn(COCC[Si](C)(C)C)c2n1. The zero-order valence-corrected chi connectivity index (χ0v) is 20.5. The lowest BCUT2D eigenvalue weighted by Crippen LogP contribution is -2.22. The molecule has 4 nitrogen and oxygen atoms in total. The minimum absolute atomic E-state index is 0.0195. The van der Waals surface area contributed by atoms with Crippen LogP contribution in [0.15, 0.2) is 29.6 Å². The quantitative estimate of drug-likeness (QED) is 0.166. The van der Waals surface area contributed by atoms with Crippen molar-refractivity contribution in [3.8, 4) is 11.3 Å². The molecule has 1 aromatic carbocycles. The van der Waals surface area contributed by atoms with Gasteiger partial charge in [0, 0.05) is 26.4 Å². The smallest absolute Gasteiger partial charge is 0.361 e. The number of hydrogen-bond donors (Lipinski definition) is 0. The van der Waals surface area contributed by atoms with Crippen LogP contribution in [0, 0.1) is 13.8 Å². The van der Waals surface area contributed by atoms with Gasteiger partial charge in [0.2, 0.25) is 0 Å². The van der Waals surface area contributed by atoms with E-state index >= 15 is 0 Å². The number of alkyl halides is 3. The zero-order valence-electron chi connectivity index (χ0n) is 18.7. The maximum Gasteiger partial charge on any atom is 0.418 e. The number of benzene rings is 1. The highest BCUT2D eigenvalue weighted by Gasteiger charge is 2.37. The Balaban J connectivity index is 2.17. The van der Waals surface area contributed by atoms with E-state index in [1.165, 1.54) is 16.3 Å². The summed E-state index contributed by atoms with van der Waals surface area (Å²) in [5.74, 6) is 0. The Bertz CT molecular complexity index is 1090. The van der Waals surface area contributed by atoms with E-state index in [9.17, 15) is 13.2 Å². The predicted octanol–water partition coefficient (Wildman–Crippen LogP) is 6.77. The van der Waals surface area contributed by atoms with Crippen molar-refractivity contribution in [2.45, 2.75) is 57.6 Å². The molecule has 0 bridgehead atoms. The Labute approximate surface area is 186 Å². The average molecular weight is 468 g/mol. The van der Waals surface area contributed by atoms with Gasteiger partial charge in [0.05, 0.1) is 16.6 Å². The fourth-order valence-corrected chi connectivity index (χ4v) is 4.50. The van der Waals surface area contributed by atoms with Crippen molar-refractivity contribution in [1.29, 1.82) is 0 Å². The van der Waals surface area contributed by atoms with Gasteiger partial charge in [0.15, 0.2) is 5.16 Å². The highest BCUT2D eigenvalue weighted by Crippen LogP contribution is 2.41. The van der Waals surface area contributed by atoms with Gasteiger partial charge in [-0.25, -0.2) is 9.97 Å². The number of thioether (sulfide) groups is 1. The van der Waals surface area contributed by atoms with Gasteiger partial charge in [-0.05, 0) is 31.7 Å². The summed E-state index contributed by atoms with van der Waals surface area (Å²) < 4.78 is 49.2. The van der Waals surface area contributed by atoms with Crippen LogP contribution in [-0.2, 0) is 17.6 Å². The number of hydrogen-bond acceptors (Lipinski definition) is 4. The average Bonchev–Trinajstić information content (AvgIpc) is 3.03. The van der Waals surface area contributed by atoms with E-state index in [4.69, 9.17) is 4.74 Å². The summed E-state index contributed by atoms with van der Waals surface area (Å²) in [6.45, 7) is 11.1. The highest BCUT2D eigenvalue weighted by molar-refractivity contribution is 7.98. The maximum absolute atomic E-state index is 14.0. The summed E-state index contributed by atoms with van der Waals surface area (Å²) in [7, 11) is -1.30. The zero-order chi connectivity index (χ0) is 23.0. The van der Waals surface area contributed by atoms with Crippen molar-refractivity contribution in [3.63, 3.8) is 0 Å². The van der Waals surface area contributed by atoms with Crippen LogP contribution in [-0.4, -0.2) is 35.5 Å². The first kappa shape index (κ1) is 23.8. The largest absolute Gasteiger partial charge is 0.418 e. The Morgan fingerprint density at radius 1 is 1.13 bits per heavy atom. The lowest BCUT2D eigenvalue weighted by molar-refractivity contribution is -0.136. The van der Waals surface area contributed by atoms with Crippen LogP contribution in [0.2, 0.25) is 25.7 Å². The van der Waals surface area contributed by atoms with Gasteiger partial charge in [-0.1, -0.05) is 55.2 Å². The molecule has 31 heavy (non-hydrogen) atoms. The number of rotatable bonds is 7. The summed E-state index contributed by atoms with van der Waals surface area (Å²) >= 11 is 1.31. The van der Waals surface area contributed by atoms with Crippen molar-refractivity contribution in [2.24, 2.45) is 0 Å². The molecule has 0 atom stereocenters. The topological polar surface area (TPSA) is 39.9 Å². The molecule has 0 radical (unpaired) electrons. The van der Waals surface area contributed by atoms with Crippen molar-refractivity contribution in [2.75, 3.05) is 12.9 Å². The molecular formula is C22H28F3N3OSSi. The summed E-state index contributed by atoms with van der Waals surface area (Å²) in [6, 6.07) is 6.61. The van der Waals surface area contributed by atoms with E-state index < -0.39 is 19.8 Å². The summed E-state index contributed by atoms with van der Waals surface area (Å²) in [4.78, 5) is 8.93. The molecule has 0 amide bonds. The third kappa shape index (κ3) is 5.50. The van der Waals surface area contributed by atoms with Gasteiger partial charge in [-0.15, -0.1) is 0 Å². The monoisotopic (exact) mass is 467 g/mol. The van der Waals surface area contributed by atoms with E-state index in [-0.39, 0.29) is 17.8 Å². The number of halogens is 3. The number of aryl methyl sites for hydroxylation is 2. The van der Waals surface area contributed by atoms with Crippen LogP contribution in [0.4, 0.5) is 13.2 Å². The Kier molecular flexibility index (Phi) is 6.88. The van der Waals surface area contributed by atoms with Crippen molar-refractivity contribution < 1.29 is 17.9 Å². The standard InChI is InChI=1S/C22H28F3N3OSSi/c1-14-7-8-16(15(2)11-14)19-18-17(22(23,24)25)12-28(13-29-9-10-31(4,5)6)20(18)27-21(26-19)30-3/h7-8,11-12H,9-10,13H2,1-6H3. The van der Waals surface area contributed by atoms with E-state index in [1.54, 1.807) is 0 Å². The number of ether oxygens (including phenoxy) is 1. The van der Waals surface area contributed by atoms with Crippen LogP contribution in [0.3, 0.4) is 0 Å². The van der Waals surface area contributed by atoms with Gasteiger partial charge in [-0.2, -0.15) is 13.2 Å². The first-order chi connectivity index (χ1) is 14.4. The fraction of sp³-hybridized carbons (Fsp3) is 0.455. The van der Waals surface area contributed by atoms with Crippen LogP contribution >= 0.6 is 11.8 Å². The van der Waals surface area contributed by atoms with E-state index in [1.807, 2.05) is 38.3 Å². The lowest BCUT2D eigenvalue weighted by Gasteiger charge is -2.15. The minimum atomic E-state index is -4.53. The van der Waals surface area contributed by atoms with Crippen molar-refractivity contribution >= 4 is 30.9 Å². The molecule has 3 aromatic rings. The Morgan fingerprint density at radius 2 is 1.84 bits per heavy atom. The van der Waals surface area contributed by atoms with Crippen molar-refractivity contribution in [1.82, 2.24) is 14.5 Å².